The molecule has 1 N–H and O–H groups in total. The van der Waals surface area contributed by atoms with Crippen LogP contribution in [0.25, 0.3) is 0 Å². The van der Waals surface area contributed by atoms with E-state index in [0.717, 1.165) is 57.1 Å². The van der Waals surface area contributed by atoms with Gasteiger partial charge in [0.15, 0.2) is 0 Å². The second-order valence-corrected chi connectivity index (χ2v) is 8.80. The van der Waals surface area contributed by atoms with Crippen LogP contribution in [0, 0.1) is 11.8 Å². The fourth-order valence-electron chi connectivity index (χ4n) is 4.53. The summed E-state index contributed by atoms with van der Waals surface area (Å²) in [7, 11) is 1.71. The zero-order chi connectivity index (χ0) is 21.1. The Morgan fingerprint density at radius 2 is 1.77 bits per heavy atom. The summed E-state index contributed by atoms with van der Waals surface area (Å²) in [5.74, 6) is 1.31. The normalized spacial score (nSPS) is 25.3. The fraction of sp³-hybridized carbons (Fsp3) is 0.652. The molecule has 7 heteroatoms. The third-order valence-corrected chi connectivity index (χ3v) is 6.67. The van der Waals surface area contributed by atoms with E-state index in [1.165, 1.54) is 17.7 Å². The number of anilines is 1. The number of hydrogen-bond acceptors (Lipinski definition) is 6. The van der Waals surface area contributed by atoms with Gasteiger partial charge in [-0.2, -0.15) is 0 Å². The standard InChI is InChI=1S/C23H34N4O3/c1-17-21(24-16-18-8-9-18)23(29)27(22(17)28)11-5-10-25-12-14-26(15-13-25)19-6-3-4-7-20(19)30-2/h3-4,6-7,17-18,21,24H,5,8-16H2,1-2H3. The molecule has 2 saturated heterocycles. The summed E-state index contributed by atoms with van der Waals surface area (Å²) < 4.78 is 5.49. The lowest BCUT2D eigenvalue weighted by molar-refractivity contribution is -0.139. The molecule has 0 aromatic heterocycles. The van der Waals surface area contributed by atoms with E-state index in [1.807, 2.05) is 25.1 Å². The first-order valence-electron chi connectivity index (χ1n) is 11.3. The van der Waals surface area contributed by atoms with Crippen LogP contribution in [0.4, 0.5) is 5.69 Å². The monoisotopic (exact) mass is 414 g/mol. The van der Waals surface area contributed by atoms with Gasteiger partial charge >= 0.3 is 0 Å². The number of likely N-dealkylation sites (tertiary alicyclic amines) is 1. The first-order chi connectivity index (χ1) is 14.6. The number of ether oxygens (including phenoxy) is 1. The molecule has 3 aliphatic rings. The predicted octanol–water partition coefficient (Wildman–Crippen LogP) is 1.58. The van der Waals surface area contributed by atoms with Crippen LogP contribution in [0.1, 0.15) is 26.2 Å². The van der Waals surface area contributed by atoms with E-state index in [1.54, 1.807) is 7.11 Å². The minimum Gasteiger partial charge on any atom is -0.495 e. The highest BCUT2D eigenvalue weighted by atomic mass is 16.5. The van der Waals surface area contributed by atoms with Crippen LogP contribution in [0.2, 0.25) is 0 Å². The molecule has 2 aliphatic heterocycles. The van der Waals surface area contributed by atoms with Gasteiger partial charge in [0, 0.05) is 32.7 Å². The second-order valence-electron chi connectivity index (χ2n) is 8.80. The number of benzene rings is 1. The maximum Gasteiger partial charge on any atom is 0.247 e. The van der Waals surface area contributed by atoms with Crippen LogP contribution in [-0.2, 0) is 9.59 Å². The Morgan fingerprint density at radius 3 is 2.47 bits per heavy atom. The molecular weight excluding hydrogens is 380 g/mol. The molecule has 1 aromatic rings. The number of carbonyl (C=O) groups is 2. The molecule has 30 heavy (non-hydrogen) atoms. The van der Waals surface area contributed by atoms with Crippen LogP contribution < -0.4 is 15.0 Å². The summed E-state index contributed by atoms with van der Waals surface area (Å²) in [5.41, 5.74) is 1.15. The number of nitrogens with zero attached hydrogens (tertiary/aromatic N) is 3. The van der Waals surface area contributed by atoms with Crippen LogP contribution in [-0.4, -0.2) is 80.6 Å². The van der Waals surface area contributed by atoms with Crippen LogP contribution >= 0.6 is 0 Å². The van der Waals surface area contributed by atoms with E-state index >= 15 is 0 Å². The van der Waals surface area contributed by atoms with Gasteiger partial charge in [0.05, 0.1) is 24.8 Å². The number of rotatable bonds is 9. The van der Waals surface area contributed by atoms with Crippen molar-refractivity contribution in [2.75, 3.05) is 57.8 Å². The van der Waals surface area contributed by atoms with E-state index in [-0.39, 0.29) is 23.8 Å². The zero-order valence-electron chi connectivity index (χ0n) is 18.2. The minimum absolute atomic E-state index is 0.0192. The van der Waals surface area contributed by atoms with Gasteiger partial charge in [0.25, 0.3) is 0 Å². The Morgan fingerprint density at radius 1 is 1.03 bits per heavy atom. The predicted molar refractivity (Wildman–Crippen MR) is 117 cm³/mol. The summed E-state index contributed by atoms with van der Waals surface area (Å²) in [6, 6.07) is 7.81. The highest BCUT2D eigenvalue weighted by Gasteiger charge is 2.44. The summed E-state index contributed by atoms with van der Waals surface area (Å²) in [5, 5.41) is 3.33. The Hall–Kier alpha value is -2.12. The molecule has 164 valence electrons. The number of methoxy groups -OCH3 is 1. The highest BCUT2D eigenvalue weighted by molar-refractivity contribution is 6.06. The molecule has 0 radical (unpaired) electrons. The van der Waals surface area contributed by atoms with Crippen molar-refractivity contribution in [3.8, 4) is 5.75 Å². The lowest BCUT2D eigenvalue weighted by Crippen LogP contribution is -2.47. The number of nitrogens with one attached hydrogen (secondary N) is 1. The number of piperazine rings is 1. The molecule has 2 amide bonds. The molecule has 2 unspecified atom stereocenters. The third kappa shape index (κ3) is 4.62. The van der Waals surface area contributed by atoms with Gasteiger partial charge in [-0.05, 0) is 50.4 Å². The van der Waals surface area contributed by atoms with Gasteiger partial charge in [0.1, 0.15) is 5.75 Å². The Labute approximate surface area is 179 Å². The van der Waals surface area contributed by atoms with Gasteiger partial charge in [-0.15, -0.1) is 0 Å². The molecule has 4 rings (SSSR count). The van der Waals surface area contributed by atoms with Crippen molar-refractivity contribution < 1.29 is 14.3 Å². The topological polar surface area (TPSA) is 65.1 Å². The number of carbonyl (C=O) groups excluding carboxylic acids is 2. The van der Waals surface area contributed by atoms with Crippen molar-refractivity contribution in [1.82, 2.24) is 15.1 Å². The van der Waals surface area contributed by atoms with Crippen molar-refractivity contribution in [2.45, 2.75) is 32.2 Å². The summed E-state index contributed by atoms with van der Waals surface area (Å²) in [4.78, 5) is 31.5. The van der Waals surface area contributed by atoms with Gasteiger partial charge in [-0.25, -0.2) is 0 Å². The second kappa shape index (κ2) is 9.35. The molecule has 1 aromatic carbocycles. The number of amides is 2. The van der Waals surface area contributed by atoms with E-state index in [0.29, 0.717) is 12.5 Å². The van der Waals surface area contributed by atoms with Gasteiger partial charge < -0.3 is 15.0 Å². The molecular formula is C23H34N4O3. The highest BCUT2D eigenvalue weighted by Crippen LogP contribution is 2.30. The Balaban J connectivity index is 1.21. The molecule has 2 heterocycles. The molecule has 1 aliphatic carbocycles. The number of para-hydroxylation sites is 2. The summed E-state index contributed by atoms with van der Waals surface area (Å²) >= 11 is 0. The maximum atomic E-state index is 12.7. The molecule has 0 spiro atoms. The van der Waals surface area contributed by atoms with Crippen molar-refractivity contribution in [3.63, 3.8) is 0 Å². The van der Waals surface area contributed by atoms with Crippen LogP contribution in [0.5, 0.6) is 5.75 Å². The smallest absolute Gasteiger partial charge is 0.247 e. The number of hydrogen-bond donors (Lipinski definition) is 1. The Kier molecular flexibility index (Phi) is 6.58. The lowest BCUT2D eigenvalue weighted by atomic mass is 10.1. The maximum absolute atomic E-state index is 12.7. The van der Waals surface area contributed by atoms with Gasteiger partial charge in [0.2, 0.25) is 11.8 Å². The molecule has 3 fully saturated rings. The van der Waals surface area contributed by atoms with Crippen LogP contribution in [0.15, 0.2) is 24.3 Å². The van der Waals surface area contributed by atoms with Crippen molar-refractivity contribution in [1.29, 1.82) is 0 Å². The summed E-state index contributed by atoms with van der Waals surface area (Å²) in [6.45, 7) is 8.02. The van der Waals surface area contributed by atoms with Crippen molar-refractivity contribution >= 4 is 17.5 Å². The van der Waals surface area contributed by atoms with Crippen molar-refractivity contribution in [3.05, 3.63) is 24.3 Å². The van der Waals surface area contributed by atoms with E-state index in [2.05, 4.69) is 21.2 Å². The molecule has 2 atom stereocenters. The molecule has 7 nitrogen and oxygen atoms in total. The van der Waals surface area contributed by atoms with Crippen molar-refractivity contribution in [2.24, 2.45) is 11.8 Å². The quantitative estimate of drug-likeness (QED) is 0.619. The Bertz CT molecular complexity index is 759. The molecule has 1 saturated carbocycles. The third-order valence-electron chi connectivity index (χ3n) is 6.67. The van der Waals surface area contributed by atoms with Gasteiger partial charge in [-0.3, -0.25) is 19.4 Å². The summed E-state index contributed by atoms with van der Waals surface area (Å²) in [6.07, 6.45) is 3.31. The fourth-order valence-corrected chi connectivity index (χ4v) is 4.53. The minimum atomic E-state index is -0.331. The van der Waals surface area contributed by atoms with Gasteiger partial charge in [-0.1, -0.05) is 19.1 Å². The van der Waals surface area contributed by atoms with Crippen LogP contribution in [0.3, 0.4) is 0 Å². The zero-order valence-corrected chi connectivity index (χ0v) is 18.2. The SMILES string of the molecule is COc1ccccc1N1CCN(CCCN2C(=O)C(C)C(NCC3CC3)C2=O)CC1. The average Bonchev–Trinajstić information content (AvgIpc) is 3.58. The largest absolute Gasteiger partial charge is 0.495 e. The first kappa shape index (κ1) is 21.1. The number of imide groups is 1. The first-order valence-corrected chi connectivity index (χ1v) is 11.3. The van der Waals surface area contributed by atoms with E-state index in [9.17, 15) is 9.59 Å². The average molecular weight is 415 g/mol. The molecule has 0 bridgehead atoms. The van der Waals surface area contributed by atoms with E-state index in [4.69, 9.17) is 4.74 Å². The van der Waals surface area contributed by atoms with E-state index < -0.39 is 0 Å². The lowest BCUT2D eigenvalue weighted by Gasteiger charge is -2.36.